The van der Waals surface area contributed by atoms with Gasteiger partial charge >= 0.3 is 0 Å². The predicted octanol–water partition coefficient (Wildman–Crippen LogP) is 3.00. The van der Waals surface area contributed by atoms with E-state index >= 15 is 0 Å². The topological polar surface area (TPSA) is 46.6 Å². The first-order valence-electron chi connectivity index (χ1n) is 6.75. The molecule has 6 heteroatoms. The summed E-state index contributed by atoms with van der Waals surface area (Å²) in [6.45, 7) is 2.52. The van der Waals surface area contributed by atoms with Crippen LogP contribution in [0.1, 0.15) is 31.7 Å². The minimum absolute atomic E-state index is 0.0260. The third kappa shape index (κ3) is 2.95. The Morgan fingerprint density at radius 1 is 1.40 bits per heavy atom. The van der Waals surface area contributed by atoms with Crippen molar-refractivity contribution in [1.82, 2.24) is 4.31 Å². The number of piperidine rings is 1. The SMILES string of the molecule is COc1ccc(CCl)cc1S(=O)(=O)N1CCCCC1C. The quantitative estimate of drug-likeness (QED) is 0.802. The molecule has 0 N–H and O–H groups in total. The van der Waals surface area contributed by atoms with Crippen molar-refractivity contribution in [2.75, 3.05) is 13.7 Å². The number of ether oxygens (including phenoxy) is 1. The molecule has 1 fully saturated rings. The van der Waals surface area contributed by atoms with Crippen LogP contribution in [0, 0.1) is 0 Å². The van der Waals surface area contributed by atoms with Crippen LogP contribution in [-0.2, 0) is 15.9 Å². The summed E-state index contributed by atoms with van der Waals surface area (Å²) in [7, 11) is -2.06. The molecule has 0 aromatic heterocycles. The molecular formula is C14H20ClNO3S. The molecule has 1 aromatic carbocycles. The van der Waals surface area contributed by atoms with Crippen molar-refractivity contribution in [3.05, 3.63) is 23.8 Å². The first-order chi connectivity index (χ1) is 9.50. The van der Waals surface area contributed by atoms with Gasteiger partial charge in [-0.2, -0.15) is 4.31 Å². The highest BCUT2D eigenvalue weighted by atomic mass is 35.5. The summed E-state index contributed by atoms with van der Waals surface area (Å²) in [6.07, 6.45) is 2.88. The number of alkyl halides is 1. The number of sulfonamides is 1. The Hall–Kier alpha value is -0.780. The van der Waals surface area contributed by atoms with Crippen LogP contribution in [0.5, 0.6) is 5.75 Å². The van der Waals surface area contributed by atoms with Gasteiger partial charge in [0.05, 0.1) is 7.11 Å². The van der Waals surface area contributed by atoms with E-state index in [9.17, 15) is 8.42 Å². The first kappa shape index (κ1) is 15.6. The minimum atomic E-state index is -3.54. The Kier molecular flexibility index (Phi) is 4.94. The van der Waals surface area contributed by atoms with Gasteiger partial charge in [-0.25, -0.2) is 8.42 Å². The molecule has 1 heterocycles. The van der Waals surface area contributed by atoms with Gasteiger partial charge in [0.2, 0.25) is 10.0 Å². The van der Waals surface area contributed by atoms with Gasteiger partial charge < -0.3 is 4.74 Å². The van der Waals surface area contributed by atoms with Crippen molar-refractivity contribution < 1.29 is 13.2 Å². The van der Waals surface area contributed by atoms with E-state index in [0.717, 1.165) is 24.8 Å². The second-order valence-electron chi connectivity index (χ2n) is 5.08. The van der Waals surface area contributed by atoms with E-state index in [4.69, 9.17) is 16.3 Å². The summed E-state index contributed by atoms with van der Waals surface area (Å²) >= 11 is 5.81. The molecule has 112 valence electrons. The lowest BCUT2D eigenvalue weighted by Gasteiger charge is -2.32. The molecule has 1 aliphatic rings. The highest BCUT2D eigenvalue weighted by Crippen LogP contribution is 2.31. The average Bonchev–Trinajstić information content (AvgIpc) is 2.46. The Morgan fingerprint density at radius 3 is 2.75 bits per heavy atom. The summed E-state index contributed by atoms with van der Waals surface area (Å²) in [6, 6.07) is 5.09. The van der Waals surface area contributed by atoms with Crippen molar-refractivity contribution in [2.45, 2.75) is 43.0 Å². The smallest absolute Gasteiger partial charge is 0.247 e. The zero-order valence-corrected chi connectivity index (χ0v) is 13.4. The fourth-order valence-corrected chi connectivity index (χ4v) is 4.63. The van der Waals surface area contributed by atoms with Crippen LogP contribution >= 0.6 is 11.6 Å². The van der Waals surface area contributed by atoms with Gasteiger partial charge in [-0.15, -0.1) is 11.6 Å². The second-order valence-corrected chi connectivity index (χ2v) is 7.21. The second kappa shape index (κ2) is 6.33. The molecule has 0 saturated carbocycles. The third-order valence-corrected chi connectivity index (χ3v) is 6.05. The van der Waals surface area contributed by atoms with Crippen molar-refractivity contribution >= 4 is 21.6 Å². The molecule has 0 amide bonds. The molecular weight excluding hydrogens is 298 g/mol. The van der Waals surface area contributed by atoms with Gasteiger partial charge in [-0.1, -0.05) is 12.5 Å². The van der Waals surface area contributed by atoms with Gasteiger partial charge in [0.15, 0.2) is 0 Å². The fourth-order valence-electron chi connectivity index (χ4n) is 2.56. The molecule has 2 rings (SSSR count). The Balaban J connectivity index is 2.47. The molecule has 1 unspecified atom stereocenters. The summed E-state index contributed by atoms with van der Waals surface area (Å²) < 4.78 is 32.5. The number of hydrogen-bond donors (Lipinski definition) is 0. The van der Waals surface area contributed by atoms with Crippen LogP contribution in [0.25, 0.3) is 0 Å². The van der Waals surface area contributed by atoms with E-state index in [1.165, 1.54) is 7.11 Å². The largest absolute Gasteiger partial charge is 0.495 e. The lowest BCUT2D eigenvalue weighted by atomic mass is 10.1. The molecule has 1 saturated heterocycles. The first-order valence-corrected chi connectivity index (χ1v) is 8.73. The third-order valence-electron chi connectivity index (χ3n) is 3.71. The normalized spacial score (nSPS) is 20.9. The average molecular weight is 318 g/mol. The van der Waals surface area contributed by atoms with Gasteiger partial charge in [0, 0.05) is 18.5 Å². The number of halogens is 1. The van der Waals surface area contributed by atoms with E-state index in [1.54, 1.807) is 22.5 Å². The highest BCUT2D eigenvalue weighted by Gasteiger charge is 2.33. The van der Waals surface area contributed by atoms with E-state index in [2.05, 4.69) is 0 Å². The van der Waals surface area contributed by atoms with E-state index < -0.39 is 10.0 Å². The molecule has 1 aliphatic heterocycles. The van der Waals surface area contributed by atoms with Crippen LogP contribution in [-0.4, -0.2) is 32.4 Å². The van der Waals surface area contributed by atoms with Crippen LogP contribution < -0.4 is 4.74 Å². The van der Waals surface area contributed by atoms with Gasteiger partial charge in [0.25, 0.3) is 0 Å². The Labute approximate surface area is 125 Å². The van der Waals surface area contributed by atoms with Crippen LogP contribution in [0.3, 0.4) is 0 Å². The number of hydrogen-bond acceptors (Lipinski definition) is 3. The molecule has 1 atom stereocenters. The fraction of sp³-hybridized carbons (Fsp3) is 0.571. The molecule has 0 spiro atoms. The summed E-state index contributed by atoms with van der Waals surface area (Å²) in [5.74, 6) is 0.652. The maximum Gasteiger partial charge on any atom is 0.247 e. The molecule has 4 nitrogen and oxygen atoms in total. The minimum Gasteiger partial charge on any atom is -0.495 e. The van der Waals surface area contributed by atoms with Gasteiger partial charge in [-0.05, 0) is 37.5 Å². The zero-order valence-electron chi connectivity index (χ0n) is 11.8. The van der Waals surface area contributed by atoms with Crippen LogP contribution in [0.15, 0.2) is 23.1 Å². The predicted molar refractivity (Wildman–Crippen MR) is 79.8 cm³/mol. The van der Waals surface area contributed by atoms with Crippen molar-refractivity contribution in [3.63, 3.8) is 0 Å². The van der Waals surface area contributed by atoms with E-state index in [0.29, 0.717) is 12.3 Å². The molecule has 0 radical (unpaired) electrons. The Bertz CT molecular complexity index is 574. The molecule has 0 aliphatic carbocycles. The van der Waals surface area contributed by atoms with Gasteiger partial charge in [-0.3, -0.25) is 0 Å². The lowest BCUT2D eigenvalue weighted by molar-refractivity contribution is 0.267. The van der Waals surface area contributed by atoms with Crippen molar-refractivity contribution in [2.24, 2.45) is 0 Å². The van der Waals surface area contributed by atoms with E-state index in [-0.39, 0.29) is 16.8 Å². The molecule has 20 heavy (non-hydrogen) atoms. The maximum atomic E-state index is 12.8. The maximum absolute atomic E-state index is 12.8. The summed E-state index contributed by atoms with van der Waals surface area (Å²) in [4.78, 5) is 0.215. The molecule has 0 bridgehead atoms. The lowest BCUT2D eigenvalue weighted by Crippen LogP contribution is -2.42. The van der Waals surface area contributed by atoms with Crippen LogP contribution in [0.4, 0.5) is 0 Å². The monoisotopic (exact) mass is 317 g/mol. The number of methoxy groups -OCH3 is 1. The summed E-state index contributed by atoms with van der Waals surface area (Å²) in [5.41, 5.74) is 0.774. The Morgan fingerprint density at radius 2 is 2.15 bits per heavy atom. The highest BCUT2D eigenvalue weighted by molar-refractivity contribution is 7.89. The van der Waals surface area contributed by atoms with Crippen molar-refractivity contribution in [3.8, 4) is 5.75 Å². The molecule has 1 aromatic rings. The van der Waals surface area contributed by atoms with E-state index in [1.807, 2.05) is 6.92 Å². The number of nitrogens with zero attached hydrogens (tertiary/aromatic N) is 1. The number of rotatable bonds is 4. The van der Waals surface area contributed by atoms with Gasteiger partial charge in [0.1, 0.15) is 10.6 Å². The zero-order chi connectivity index (χ0) is 14.8. The van der Waals surface area contributed by atoms with Crippen molar-refractivity contribution in [1.29, 1.82) is 0 Å². The van der Waals surface area contributed by atoms with Crippen LogP contribution in [0.2, 0.25) is 0 Å². The standard InChI is InChI=1S/C14H20ClNO3S/c1-11-5-3-4-8-16(11)20(17,18)14-9-12(10-15)6-7-13(14)19-2/h6-7,9,11H,3-5,8,10H2,1-2H3. The summed E-state index contributed by atoms with van der Waals surface area (Å²) in [5, 5.41) is 0. The number of benzene rings is 1.